The first kappa shape index (κ1) is 14.5. The molecule has 1 unspecified atom stereocenters. The van der Waals surface area contributed by atoms with Crippen molar-refractivity contribution >= 4 is 5.91 Å². The number of hydrogen-bond donors (Lipinski definition) is 2. The molecule has 1 aromatic heterocycles. The molecule has 1 aliphatic heterocycles. The minimum atomic E-state index is -0.00875. The summed E-state index contributed by atoms with van der Waals surface area (Å²) in [6.07, 6.45) is 0. The number of rotatable bonds is 4. The van der Waals surface area contributed by atoms with Crippen LogP contribution in [-0.4, -0.2) is 42.8 Å². The van der Waals surface area contributed by atoms with Gasteiger partial charge < -0.3 is 19.4 Å². The van der Waals surface area contributed by atoms with Gasteiger partial charge in [0.15, 0.2) is 12.6 Å². The van der Waals surface area contributed by atoms with Gasteiger partial charge in [0, 0.05) is 5.56 Å². The van der Waals surface area contributed by atoms with Crippen LogP contribution in [0.1, 0.15) is 18.9 Å². The first-order valence-corrected chi connectivity index (χ1v) is 7.26. The van der Waals surface area contributed by atoms with E-state index in [0.29, 0.717) is 24.9 Å². The fourth-order valence-corrected chi connectivity index (χ4v) is 2.52. The zero-order valence-corrected chi connectivity index (χ0v) is 12.6. The molecule has 0 radical (unpaired) electrons. The van der Waals surface area contributed by atoms with E-state index in [1.165, 1.54) is 0 Å². The predicted molar refractivity (Wildman–Crippen MR) is 78.4 cm³/mol. The fraction of sp³-hybridized carbons (Fsp3) is 0.400. The fourth-order valence-electron chi connectivity index (χ4n) is 2.52. The summed E-state index contributed by atoms with van der Waals surface area (Å²) in [5.74, 6) is 1.87. The van der Waals surface area contributed by atoms with Gasteiger partial charge in [-0.15, -0.1) is 10.2 Å². The van der Waals surface area contributed by atoms with Crippen LogP contribution in [0, 0.1) is 0 Å². The molecule has 0 saturated carbocycles. The van der Waals surface area contributed by atoms with Crippen LogP contribution in [0.2, 0.25) is 0 Å². The number of quaternary nitrogens is 1. The highest BCUT2D eigenvalue weighted by molar-refractivity contribution is 5.77. The Morgan fingerprint density at radius 3 is 2.77 bits per heavy atom. The lowest BCUT2D eigenvalue weighted by Gasteiger charge is -2.26. The van der Waals surface area contributed by atoms with Crippen LogP contribution in [0.25, 0.3) is 11.5 Å². The zero-order valence-electron chi connectivity index (χ0n) is 12.6. The van der Waals surface area contributed by atoms with E-state index in [2.05, 4.69) is 15.5 Å². The zero-order chi connectivity index (χ0) is 15.5. The minimum Gasteiger partial charge on any atom is -0.497 e. The molecule has 2 aromatic rings. The number of piperazine rings is 1. The van der Waals surface area contributed by atoms with Crippen LogP contribution >= 0.6 is 0 Å². The van der Waals surface area contributed by atoms with Crippen LogP contribution < -0.4 is 15.0 Å². The second-order valence-electron chi connectivity index (χ2n) is 5.33. The molecule has 116 valence electrons. The van der Waals surface area contributed by atoms with Gasteiger partial charge in [0.25, 0.3) is 11.8 Å². The molecule has 2 N–H and O–H groups in total. The van der Waals surface area contributed by atoms with Gasteiger partial charge in [0.05, 0.1) is 20.2 Å². The van der Waals surface area contributed by atoms with Gasteiger partial charge in [-0.3, -0.25) is 4.79 Å². The molecule has 7 heteroatoms. The molecule has 1 aliphatic rings. The van der Waals surface area contributed by atoms with Gasteiger partial charge in [-0.2, -0.15) is 0 Å². The SMILES string of the molecule is COc1ccc(-c2nnc([C@H](C)[NH+]3CCNC(=O)C3)o2)cc1. The molecule has 0 spiro atoms. The highest BCUT2D eigenvalue weighted by atomic mass is 16.5. The maximum atomic E-state index is 11.5. The topological polar surface area (TPSA) is 81.7 Å². The predicted octanol–water partition coefficient (Wildman–Crippen LogP) is -0.179. The van der Waals surface area contributed by atoms with Crippen molar-refractivity contribution in [3.05, 3.63) is 30.2 Å². The van der Waals surface area contributed by atoms with E-state index in [0.717, 1.165) is 22.8 Å². The van der Waals surface area contributed by atoms with Crippen molar-refractivity contribution in [2.45, 2.75) is 13.0 Å². The first-order chi connectivity index (χ1) is 10.7. The van der Waals surface area contributed by atoms with Crippen LogP contribution in [0.4, 0.5) is 0 Å². The third kappa shape index (κ3) is 2.94. The van der Waals surface area contributed by atoms with E-state index < -0.39 is 0 Å². The number of nitrogens with one attached hydrogen (secondary N) is 2. The van der Waals surface area contributed by atoms with Crippen molar-refractivity contribution < 1.29 is 18.8 Å². The number of amides is 1. The number of ether oxygens (including phenoxy) is 1. The molecule has 1 saturated heterocycles. The van der Waals surface area contributed by atoms with Gasteiger partial charge in [-0.05, 0) is 31.2 Å². The van der Waals surface area contributed by atoms with Gasteiger partial charge >= 0.3 is 0 Å². The summed E-state index contributed by atoms with van der Waals surface area (Å²) in [5, 5.41) is 11.1. The molecule has 0 bridgehead atoms. The highest BCUT2D eigenvalue weighted by Gasteiger charge is 2.29. The second-order valence-corrected chi connectivity index (χ2v) is 5.33. The number of benzene rings is 1. The molecule has 1 fully saturated rings. The quantitative estimate of drug-likeness (QED) is 0.819. The molecule has 2 atom stereocenters. The van der Waals surface area contributed by atoms with E-state index >= 15 is 0 Å². The number of nitrogens with zero attached hydrogens (tertiary/aromatic N) is 2. The molecule has 7 nitrogen and oxygen atoms in total. The Hall–Kier alpha value is -2.41. The van der Waals surface area contributed by atoms with E-state index in [4.69, 9.17) is 9.15 Å². The lowest BCUT2D eigenvalue weighted by atomic mass is 10.2. The number of aromatic nitrogens is 2. The van der Waals surface area contributed by atoms with E-state index in [1.54, 1.807) is 7.11 Å². The van der Waals surface area contributed by atoms with Crippen molar-refractivity contribution in [1.82, 2.24) is 15.5 Å². The van der Waals surface area contributed by atoms with Crippen molar-refractivity contribution in [1.29, 1.82) is 0 Å². The van der Waals surface area contributed by atoms with Crippen LogP contribution in [0.15, 0.2) is 28.7 Å². The highest BCUT2D eigenvalue weighted by Crippen LogP contribution is 2.22. The van der Waals surface area contributed by atoms with Crippen molar-refractivity contribution in [3.8, 4) is 17.2 Å². The summed E-state index contributed by atoms with van der Waals surface area (Å²) in [7, 11) is 1.62. The lowest BCUT2D eigenvalue weighted by Crippen LogP contribution is -3.15. The lowest BCUT2D eigenvalue weighted by molar-refractivity contribution is -0.924. The van der Waals surface area contributed by atoms with E-state index in [9.17, 15) is 4.79 Å². The second kappa shape index (κ2) is 6.15. The average Bonchev–Trinajstić information content (AvgIpc) is 3.04. The average molecular weight is 303 g/mol. The molecule has 22 heavy (non-hydrogen) atoms. The Morgan fingerprint density at radius 2 is 2.09 bits per heavy atom. The Bertz CT molecular complexity index is 653. The smallest absolute Gasteiger partial charge is 0.275 e. The van der Waals surface area contributed by atoms with Crippen molar-refractivity contribution in [2.24, 2.45) is 0 Å². The Balaban J connectivity index is 1.76. The summed E-state index contributed by atoms with van der Waals surface area (Å²) >= 11 is 0. The van der Waals surface area contributed by atoms with Crippen molar-refractivity contribution in [3.63, 3.8) is 0 Å². The van der Waals surface area contributed by atoms with E-state index in [-0.39, 0.29) is 11.9 Å². The van der Waals surface area contributed by atoms with Gasteiger partial charge in [0.2, 0.25) is 5.89 Å². The van der Waals surface area contributed by atoms with E-state index in [1.807, 2.05) is 31.2 Å². The van der Waals surface area contributed by atoms with Gasteiger partial charge in [-0.1, -0.05) is 0 Å². The summed E-state index contributed by atoms with van der Waals surface area (Å²) in [4.78, 5) is 12.6. The molecule has 2 heterocycles. The third-order valence-corrected chi connectivity index (χ3v) is 3.92. The van der Waals surface area contributed by atoms with Crippen LogP contribution in [-0.2, 0) is 4.79 Å². The minimum absolute atomic E-state index is 0.00875. The molecule has 1 amide bonds. The normalized spacial score (nSPS) is 19.5. The number of carbonyl (C=O) groups is 1. The summed E-state index contributed by atoms with van der Waals surface area (Å²) in [5.41, 5.74) is 0.845. The number of hydrogen-bond acceptors (Lipinski definition) is 5. The Kier molecular flexibility index (Phi) is 4.06. The summed E-state index contributed by atoms with van der Waals surface area (Å²) < 4.78 is 10.9. The molecular weight excluding hydrogens is 284 g/mol. The summed E-state index contributed by atoms with van der Waals surface area (Å²) in [6, 6.07) is 7.45. The molecule has 1 aromatic carbocycles. The molecule has 3 rings (SSSR count). The van der Waals surface area contributed by atoms with Crippen LogP contribution in [0.5, 0.6) is 5.75 Å². The molecule has 0 aliphatic carbocycles. The third-order valence-electron chi connectivity index (χ3n) is 3.92. The maximum Gasteiger partial charge on any atom is 0.275 e. The molecular formula is C15H19N4O3+. The van der Waals surface area contributed by atoms with Crippen molar-refractivity contribution in [2.75, 3.05) is 26.7 Å². The number of methoxy groups -OCH3 is 1. The largest absolute Gasteiger partial charge is 0.497 e. The Morgan fingerprint density at radius 1 is 1.32 bits per heavy atom. The Labute approximate surface area is 128 Å². The monoisotopic (exact) mass is 303 g/mol. The standard InChI is InChI=1S/C15H18N4O3/c1-10(19-8-7-16-13(20)9-19)14-17-18-15(22-14)11-3-5-12(21-2)6-4-11/h3-6,10H,7-9H2,1-2H3,(H,16,20)/p+1/t10-/m0/s1. The maximum absolute atomic E-state index is 11.5. The van der Waals surface area contributed by atoms with Gasteiger partial charge in [-0.25, -0.2) is 0 Å². The number of carbonyl (C=O) groups excluding carboxylic acids is 1. The first-order valence-electron chi connectivity index (χ1n) is 7.26. The van der Waals surface area contributed by atoms with Crippen LogP contribution in [0.3, 0.4) is 0 Å². The summed E-state index contributed by atoms with van der Waals surface area (Å²) in [6.45, 7) is 3.96. The van der Waals surface area contributed by atoms with Gasteiger partial charge in [0.1, 0.15) is 5.75 Å².